The van der Waals surface area contributed by atoms with E-state index < -0.39 is 0 Å². The van der Waals surface area contributed by atoms with Gasteiger partial charge in [0.1, 0.15) is 12.4 Å². The van der Waals surface area contributed by atoms with Crippen molar-refractivity contribution in [1.29, 1.82) is 0 Å². The van der Waals surface area contributed by atoms with Crippen LogP contribution in [0.25, 0.3) is 10.9 Å². The Kier molecular flexibility index (Phi) is 5.40. The predicted molar refractivity (Wildman–Crippen MR) is 102 cm³/mol. The third-order valence-corrected chi connectivity index (χ3v) is 4.73. The van der Waals surface area contributed by atoms with Crippen LogP contribution in [0.4, 0.5) is 4.39 Å². The Bertz CT molecular complexity index is 918. The Morgan fingerprint density at radius 2 is 2.12 bits per heavy atom. The molecule has 2 aromatic rings. The molecule has 1 aromatic heterocycles. The number of esters is 1. The first kappa shape index (κ1) is 18.2. The highest BCUT2D eigenvalue weighted by Gasteiger charge is 2.18. The minimum atomic E-state index is -0.284. The normalized spacial score (nSPS) is 16.6. The maximum atomic E-state index is 13.9. The molecule has 0 spiro atoms. The van der Waals surface area contributed by atoms with E-state index in [1.54, 1.807) is 19.1 Å². The number of halogens is 1. The molecule has 0 bridgehead atoms. The summed E-state index contributed by atoms with van der Waals surface area (Å²) < 4.78 is 20.9. The number of fused-ring (bicyclic) bond motifs is 1. The fourth-order valence-corrected chi connectivity index (χ4v) is 3.36. The highest BCUT2D eigenvalue weighted by molar-refractivity contribution is 5.87. The summed E-state index contributed by atoms with van der Waals surface area (Å²) in [6.07, 6.45) is 11.3. The first-order valence-electron chi connectivity index (χ1n) is 8.98. The van der Waals surface area contributed by atoms with Crippen LogP contribution in [-0.4, -0.2) is 17.1 Å². The van der Waals surface area contributed by atoms with E-state index in [4.69, 9.17) is 4.74 Å². The highest BCUT2D eigenvalue weighted by Crippen LogP contribution is 2.29. The van der Waals surface area contributed by atoms with Crippen molar-refractivity contribution in [1.82, 2.24) is 4.57 Å². The van der Waals surface area contributed by atoms with Crippen molar-refractivity contribution in [3.63, 3.8) is 0 Å². The van der Waals surface area contributed by atoms with Crippen molar-refractivity contribution in [2.45, 2.75) is 33.7 Å². The average Bonchev–Trinajstić information content (AvgIpc) is 2.74. The average molecular weight is 353 g/mol. The number of carbonyl (C=O) groups is 1. The third-order valence-electron chi connectivity index (χ3n) is 4.73. The molecule has 1 aromatic carbocycles. The van der Waals surface area contributed by atoms with Crippen LogP contribution in [0.3, 0.4) is 0 Å². The SMILES string of the molecule is CCOC(=O)Cn1c(C)c(CC2=CC=CC(C)C=C2)c2cc(F)ccc21. The fourth-order valence-electron chi connectivity index (χ4n) is 3.36. The molecule has 1 aliphatic carbocycles. The van der Waals surface area contributed by atoms with E-state index in [2.05, 4.69) is 37.3 Å². The van der Waals surface area contributed by atoms with Gasteiger partial charge in [-0.15, -0.1) is 0 Å². The number of allylic oxidation sites excluding steroid dienone is 6. The van der Waals surface area contributed by atoms with Crippen molar-refractivity contribution >= 4 is 16.9 Å². The lowest BCUT2D eigenvalue weighted by atomic mass is 10.0. The first-order valence-corrected chi connectivity index (χ1v) is 8.98. The van der Waals surface area contributed by atoms with Gasteiger partial charge in [0, 0.05) is 16.6 Å². The standard InChI is InChI=1S/C22H24FNO2/c1-4-26-22(25)14-24-16(3)19(20-13-18(23)10-11-21(20)24)12-17-7-5-6-15(2)8-9-17/h5-11,13,15H,4,12,14H2,1-3H3. The summed E-state index contributed by atoms with van der Waals surface area (Å²) in [6, 6.07) is 4.72. The third kappa shape index (κ3) is 3.79. The molecule has 4 heteroatoms. The van der Waals surface area contributed by atoms with Gasteiger partial charge in [-0.05, 0) is 55.5 Å². The summed E-state index contributed by atoms with van der Waals surface area (Å²) >= 11 is 0. The van der Waals surface area contributed by atoms with E-state index in [1.807, 2.05) is 11.5 Å². The molecular formula is C22H24FNO2. The zero-order valence-electron chi connectivity index (χ0n) is 15.5. The molecule has 3 nitrogen and oxygen atoms in total. The molecule has 0 N–H and O–H groups in total. The van der Waals surface area contributed by atoms with E-state index in [0.29, 0.717) is 18.9 Å². The number of aromatic nitrogens is 1. The largest absolute Gasteiger partial charge is 0.465 e. The molecule has 0 amide bonds. The van der Waals surface area contributed by atoms with E-state index in [9.17, 15) is 9.18 Å². The van der Waals surface area contributed by atoms with E-state index in [-0.39, 0.29) is 18.3 Å². The van der Waals surface area contributed by atoms with E-state index >= 15 is 0 Å². The zero-order chi connectivity index (χ0) is 18.7. The summed E-state index contributed by atoms with van der Waals surface area (Å²) in [5.41, 5.74) is 4.03. The molecule has 0 saturated carbocycles. The topological polar surface area (TPSA) is 31.2 Å². The molecule has 1 unspecified atom stereocenters. The van der Waals surface area contributed by atoms with Crippen molar-refractivity contribution < 1.29 is 13.9 Å². The number of rotatable bonds is 5. The van der Waals surface area contributed by atoms with Crippen molar-refractivity contribution in [3.8, 4) is 0 Å². The molecule has 1 heterocycles. The quantitative estimate of drug-likeness (QED) is 0.717. The van der Waals surface area contributed by atoms with Gasteiger partial charge in [0.15, 0.2) is 0 Å². The highest BCUT2D eigenvalue weighted by atomic mass is 19.1. The van der Waals surface area contributed by atoms with E-state index in [0.717, 1.165) is 27.7 Å². The number of nitrogens with zero attached hydrogens (tertiary/aromatic N) is 1. The molecule has 0 aliphatic heterocycles. The Morgan fingerprint density at radius 3 is 2.88 bits per heavy atom. The predicted octanol–water partition coefficient (Wildman–Crippen LogP) is 4.88. The van der Waals surface area contributed by atoms with Gasteiger partial charge in [-0.25, -0.2) is 4.39 Å². The lowest BCUT2D eigenvalue weighted by Crippen LogP contribution is -2.14. The van der Waals surface area contributed by atoms with Gasteiger partial charge < -0.3 is 9.30 Å². The second-order valence-corrected chi connectivity index (χ2v) is 6.64. The van der Waals surface area contributed by atoms with Gasteiger partial charge >= 0.3 is 5.97 Å². The lowest BCUT2D eigenvalue weighted by Gasteiger charge is -2.08. The molecule has 26 heavy (non-hydrogen) atoms. The van der Waals surface area contributed by atoms with E-state index in [1.165, 1.54) is 6.07 Å². The second kappa shape index (κ2) is 7.73. The summed E-state index contributed by atoms with van der Waals surface area (Å²) in [7, 11) is 0. The number of hydrogen-bond acceptors (Lipinski definition) is 2. The summed E-state index contributed by atoms with van der Waals surface area (Å²) in [6.45, 7) is 6.38. The van der Waals surface area contributed by atoms with Gasteiger partial charge in [-0.1, -0.05) is 37.3 Å². The molecule has 1 aliphatic rings. The van der Waals surface area contributed by atoms with Crippen LogP contribution in [-0.2, 0) is 22.5 Å². The second-order valence-electron chi connectivity index (χ2n) is 6.64. The lowest BCUT2D eigenvalue weighted by molar-refractivity contribution is -0.143. The molecule has 136 valence electrons. The zero-order valence-corrected chi connectivity index (χ0v) is 15.5. The van der Waals surface area contributed by atoms with Gasteiger partial charge in [0.25, 0.3) is 0 Å². The maximum absolute atomic E-state index is 13.9. The number of ether oxygens (including phenoxy) is 1. The van der Waals surface area contributed by atoms with Crippen molar-refractivity contribution in [3.05, 3.63) is 71.2 Å². The summed E-state index contributed by atoms with van der Waals surface area (Å²) in [4.78, 5) is 12.0. The van der Waals surface area contributed by atoms with Crippen LogP contribution in [0.5, 0.6) is 0 Å². The molecule has 0 saturated heterocycles. The Morgan fingerprint density at radius 1 is 1.31 bits per heavy atom. The van der Waals surface area contributed by atoms with Crippen LogP contribution < -0.4 is 0 Å². The monoisotopic (exact) mass is 353 g/mol. The summed E-state index contributed by atoms with van der Waals surface area (Å²) in [5.74, 6) is -0.160. The van der Waals surface area contributed by atoms with Crippen LogP contribution in [0.1, 0.15) is 25.1 Å². The smallest absolute Gasteiger partial charge is 0.325 e. The van der Waals surface area contributed by atoms with Crippen LogP contribution in [0.2, 0.25) is 0 Å². The van der Waals surface area contributed by atoms with Crippen LogP contribution >= 0.6 is 0 Å². The van der Waals surface area contributed by atoms with Crippen molar-refractivity contribution in [2.24, 2.45) is 5.92 Å². The first-order chi connectivity index (χ1) is 12.5. The Balaban J connectivity index is 2.04. The molecule has 0 fully saturated rings. The fraction of sp³-hybridized carbons (Fsp3) is 0.318. The number of benzene rings is 1. The Labute approximate surface area is 153 Å². The molecule has 0 radical (unpaired) electrons. The van der Waals surface area contributed by atoms with Crippen molar-refractivity contribution in [2.75, 3.05) is 6.61 Å². The number of hydrogen-bond donors (Lipinski definition) is 0. The minimum absolute atomic E-state index is 0.133. The van der Waals surface area contributed by atoms with Gasteiger partial charge in [0.05, 0.1) is 6.61 Å². The minimum Gasteiger partial charge on any atom is -0.465 e. The molecule has 1 atom stereocenters. The van der Waals surface area contributed by atoms with Crippen LogP contribution in [0.15, 0.2) is 54.2 Å². The summed E-state index contributed by atoms with van der Waals surface area (Å²) in [5, 5.41) is 0.849. The Hall–Kier alpha value is -2.62. The van der Waals surface area contributed by atoms with Crippen LogP contribution in [0, 0.1) is 18.7 Å². The number of carbonyl (C=O) groups excluding carboxylic acids is 1. The van der Waals surface area contributed by atoms with Gasteiger partial charge in [0.2, 0.25) is 0 Å². The molecule has 3 rings (SSSR count). The van der Waals surface area contributed by atoms with Gasteiger partial charge in [-0.3, -0.25) is 4.79 Å². The molecular weight excluding hydrogens is 329 g/mol. The maximum Gasteiger partial charge on any atom is 0.325 e. The van der Waals surface area contributed by atoms with Gasteiger partial charge in [-0.2, -0.15) is 0 Å².